The van der Waals surface area contributed by atoms with Crippen LogP contribution < -0.4 is 4.74 Å². The number of benzene rings is 1. The molecular weight excluding hydrogens is 272 g/mol. The van der Waals surface area contributed by atoms with E-state index in [4.69, 9.17) is 4.74 Å². The highest BCUT2D eigenvalue weighted by Crippen LogP contribution is 2.60. The van der Waals surface area contributed by atoms with Crippen LogP contribution in [0.5, 0.6) is 5.75 Å². The first-order chi connectivity index (χ1) is 10.6. The van der Waals surface area contributed by atoms with Crippen LogP contribution in [0, 0.1) is 24.2 Å². The average Bonchev–Trinajstić information content (AvgIpc) is 2.83. The van der Waals surface area contributed by atoms with Crippen LogP contribution in [0.1, 0.15) is 61.6 Å². The van der Waals surface area contributed by atoms with Gasteiger partial charge in [0.15, 0.2) is 0 Å². The number of fused-ring (bicyclic) bond motifs is 5. The number of hydrogen-bond acceptors (Lipinski definition) is 2. The maximum Gasteiger partial charge on any atom is 0.139 e. The van der Waals surface area contributed by atoms with Crippen LogP contribution in [0.2, 0.25) is 0 Å². The summed E-state index contributed by atoms with van der Waals surface area (Å²) in [5.41, 5.74) is 4.37. The molecule has 0 aromatic heterocycles. The second-order valence-electron chi connectivity index (χ2n) is 7.81. The van der Waals surface area contributed by atoms with Gasteiger partial charge < -0.3 is 4.74 Å². The number of aryl methyl sites for hydroxylation is 1. The molecule has 0 bridgehead atoms. The fraction of sp³-hybridized carbons (Fsp3) is 0.650. The van der Waals surface area contributed by atoms with Crippen LogP contribution in [0.15, 0.2) is 12.1 Å². The minimum absolute atomic E-state index is 0.0320. The minimum atomic E-state index is -0.0320. The molecule has 4 atom stereocenters. The van der Waals surface area contributed by atoms with Crippen molar-refractivity contribution in [2.45, 2.75) is 58.3 Å². The summed E-state index contributed by atoms with van der Waals surface area (Å²) < 4.78 is 5.71. The Bertz CT molecular complexity index is 633. The van der Waals surface area contributed by atoms with E-state index in [1.54, 1.807) is 7.11 Å². The molecule has 0 N–H and O–H groups in total. The number of methoxy groups -OCH3 is 1. The highest BCUT2D eigenvalue weighted by molar-refractivity contribution is 5.87. The molecule has 2 fully saturated rings. The molecule has 0 saturated heterocycles. The summed E-state index contributed by atoms with van der Waals surface area (Å²) in [6.07, 6.45) is 6.53. The van der Waals surface area contributed by atoms with Crippen LogP contribution in [-0.4, -0.2) is 12.9 Å². The van der Waals surface area contributed by atoms with Crippen molar-refractivity contribution in [1.29, 1.82) is 0 Å². The lowest BCUT2D eigenvalue weighted by molar-refractivity contribution is -0.129. The molecule has 4 rings (SSSR count). The van der Waals surface area contributed by atoms with Crippen LogP contribution in [0.3, 0.4) is 0 Å². The minimum Gasteiger partial charge on any atom is -0.496 e. The molecule has 2 saturated carbocycles. The summed E-state index contributed by atoms with van der Waals surface area (Å²) in [5.74, 6) is 3.47. The van der Waals surface area contributed by atoms with E-state index in [9.17, 15) is 4.79 Å². The highest BCUT2D eigenvalue weighted by atomic mass is 16.5. The van der Waals surface area contributed by atoms with Gasteiger partial charge in [-0.15, -0.1) is 0 Å². The summed E-state index contributed by atoms with van der Waals surface area (Å²) in [6, 6.07) is 4.34. The van der Waals surface area contributed by atoms with Gasteiger partial charge in [-0.1, -0.05) is 13.0 Å². The Labute approximate surface area is 133 Å². The third-order valence-electron chi connectivity index (χ3n) is 7.02. The van der Waals surface area contributed by atoms with Crippen molar-refractivity contribution < 1.29 is 9.53 Å². The smallest absolute Gasteiger partial charge is 0.139 e. The molecule has 0 aliphatic heterocycles. The van der Waals surface area contributed by atoms with Gasteiger partial charge in [0.1, 0.15) is 11.5 Å². The van der Waals surface area contributed by atoms with Crippen molar-refractivity contribution in [3.63, 3.8) is 0 Å². The van der Waals surface area contributed by atoms with Crippen molar-refractivity contribution >= 4 is 5.78 Å². The Morgan fingerprint density at radius 3 is 2.77 bits per heavy atom. The van der Waals surface area contributed by atoms with Gasteiger partial charge in [0.25, 0.3) is 0 Å². The SMILES string of the molecule is COc1ccc(C)c2c1[C@@H]1CC[C@]3(C)C(=O)CC[C@@H]3[C@@H]1CC2. The molecule has 1 aromatic carbocycles. The molecule has 22 heavy (non-hydrogen) atoms. The highest BCUT2D eigenvalue weighted by Gasteiger charge is 2.55. The van der Waals surface area contributed by atoms with Crippen molar-refractivity contribution in [2.75, 3.05) is 7.11 Å². The van der Waals surface area contributed by atoms with E-state index >= 15 is 0 Å². The van der Waals surface area contributed by atoms with Gasteiger partial charge in [-0.3, -0.25) is 4.79 Å². The molecule has 0 amide bonds. The first kappa shape index (κ1) is 14.3. The summed E-state index contributed by atoms with van der Waals surface area (Å²) >= 11 is 0. The van der Waals surface area contributed by atoms with Gasteiger partial charge >= 0.3 is 0 Å². The van der Waals surface area contributed by atoms with Gasteiger partial charge in [0, 0.05) is 17.4 Å². The van der Waals surface area contributed by atoms with Crippen molar-refractivity contribution in [2.24, 2.45) is 17.3 Å². The normalized spacial score (nSPS) is 36.5. The van der Waals surface area contributed by atoms with Crippen LogP contribution >= 0.6 is 0 Å². The second kappa shape index (κ2) is 4.84. The molecular formula is C20H26O2. The van der Waals surface area contributed by atoms with E-state index in [1.165, 1.54) is 23.1 Å². The molecule has 2 nitrogen and oxygen atoms in total. The largest absolute Gasteiger partial charge is 0.496 e. The summed E-state index contributed by atoms with van der Waals surface area (Å²) in [7, 11) is 1.79. The number of Topliss-reactive ketones (excluding diaryl/α,β-unsaturated/α-hetero) is 1. The Balaban J connectivity index is 1.79. The van der Waals surface area contributed by atoms with Crippen LogP contribution in [0.4, 0.5) is 0 Å². The summed E-state index contributed by atoms with van der Waals surface area (Å²) in [6.45, 7) is 4.47. The van der Waals surface area contributed by atoms with Crippen LogP contribution in [0.25, 0.3) is 0 Å². The maximum absolute atomic E-state index is 12.4. The van der Waals surface area contributed by atoms with Gasteiger partial charge in [-0.2, -0.15) is 0 Å². The summed E-state index contributed by atoms with van der Waals surface area (Å²) in [5, 5.41) is 0. The fourth-order valence-electron chi connectivity index (χ4n) is 5.80. The monoisotopic (exact) mass is 298 g/mol. The lowest BCUT2D eigenvalue weighted by Gasteiger charge is -2.48. The van der Waals surface area contributed by atoms with Crippen molar-refractivity contribution in [1.82, 2.24) is 0 Å². The second-order valence-corrected chi connectivity index (χ2v) is 7.81. The van der Waals surface area contributed by atoms with E-state index < -0.39 is 0 Å². The quantitative estimate of drug-likeness (QED) is 0.766. The lowest BCUT2D eigenvalue weighted by Crippen LogP contribution is -2.42. The lowest BCUT2D eigenvalue weighted by atomic mass is 9.55. The number of rotatable bonds is 1. The first-order valence-corrected chi connectivity index (χ1v) is 8.76. The Morgan fingerprint density at radius 1 is 1.18 bits per heavy atom. The van der Waals surface area contributed by atoms with Gasteiger partial charge in [-0.05, 0) is 74.0 Å². The number of hydrogen-bond donors (Lipinski definition) is 0. The Hall–Kier alpha value is -1.31. The fourth-order valence-corrected chi connectivity index (χ4v) is 5.80. The molecule has 1 aromatic rings. The van der Waals surface area contributed by atoms with E-state index in [0.717, 1.165) is 37.9 Å². The molecule has 118 valence electrons. The topological polar surface area (TPSA) is 26.3 Å². The predicted molar refractivity (Wildman–Crippen MR) is 87.4 cm³/mol. The van der Waals surface area contributed by atoms with Gasteiger partial charge in [0.2, 0.25) is 0 Å². The Kier molecular flexibility index (Phi) is 3.15. The van der Waals surface area contributed by atoms with E-state index in [2.05, 4.69) is 26.0 Å². The standard InChI is InChI=1S/C20H26O2/c1-12-4-8-17(22-3)19-13(12)5-6-14-15(19)10-11-20(2)16(14)7-9-18(20)21/h4,8,14-16H,5-7,9-11H2,1-3H3/t14-,15-,16-,20+/m1/s1. The van der Waals surface area contributed by atoms with Crippen molar-refractivity contribution in [3.8, 4) is 5.75 Å². The molecule has 0 radical (unpaired) electrons. The molecule has 2 heteroatoms. The third-order valence-corrected chi connectivity index (χ3v) is 7.02. The number of carbonyl (C=O) groups is 1. The van der Waals surface area contributed by atoms with E-state index in [-0.39, 0.29) is 5.41 Å². The maximum atomic E-state index is 12.4. The predicted octanol–water partition coefficient (Wildman–Crippen LogP) is 4.43. The van der Waals surface area contributed by atoms with Crippen molar-refractivity contribution in [3.05, 3.63) is 28.8 Å². The van der Waals surface area contributed by atoms with Crippen LogP contribution in [-0.2, 0) is 11.2 Å². The molecule has 3 aliphatic rings. The zero-order chi connectivity index (χ0) is 15.5. The molecule has 3 aliphatic carbocycles. The average molecular weight is 298 g/mol. The van der Waals surface area contributed by atoms with E-state index in [1.807, 2.05) is 0 Å². The number of carbonyl (C=O) groups excluding carboxylic acids is 1. The molecule has 0 spiro atoms. The Morgan fingerprint density at radius 2 is 2.00 bits per heavy atom. The molecule has 0 heterocycles. The zero-order valence-electron chi connectivity index (χ0n) is 13.9. The van der Waals surface area contributed by atoms with Gasteiger partial charge in [0.05, 0.1) is 7.11 Å². The first-order valence-electron chi connectivity index (χ1n) is 8.76. The zero-order valence-corrected chi connectivity index (χ0v) is 13.9. The third kappa shape index (κ3) is 1.76. The summed E-state index contributed by atoms with van der Waals surface area (Å²) in [4.78, 5) is 12.4. The number of ketones is 1. The number of ether oxygens (including phenoxy) is 1. The molecule has 0 unspecified atom stereocenters. The van der Waals surface area contributed by atoms with Gasteiger partial charge in [-0.25, -0.2) is 0 Å². The van der Waals surface area contributed by atoms with E-state index in [0.29, 0.717) is 23.5 Å².